The number of ether oxygens (including phenoxy) is 4. The summed E-state index contributed by atoms with van der Waals surface area (Å²) >= 11 is 5.68. The lowest BCUT2D eigenvalue weighted by Gasteiger charge is -2.37. The van der Waals surface area contributed by atoms with Crippen LogP contribution in [0.15, 0.2) is 53.7 Å². The molecular weight excluding hydrogens is 404 g/mol. The van der Waals surface area contributed by atoms with Crippen LogP contribution in [0.3, 0.4) is 0 Å². The van der Waals surface area contributed by atoms with Crippen molar-refractivity contribution < 1.29 is 23.7 Å². The number of nitrogens with one attached hydrogen (secondary N) is 1. The van der Waals surface area contributed by atoms with E-state index in [9.17, 15) is 4.79 Å². The van der Waals surface area contributed by atoms with Crippen LogP contribution in [0.5, 0.6) is 17.2 Å². The molecule has 8 heteroatoms. The number of allylic oxidation sites excluding steroid dienone is 1. The van der Waals surface area contributed by atoms with Gasteiger partial charge in [0.15, 0.2) is 16.6 Å². The van der Waals surface area contributed by atoms with Crippen LogP contribution < -0.4 is 24.4 Å². The smallest absolute Gasteiger partial charge is 0.337 e. The highest BCUT2D eigenvalue weighted by Gasteiger charge is 2.35. The molecule has 2 heterocycles. The number of hydrogen-bond acceptors (Lipinski definition) is 6. The van der Waals surface area contributed by atoms with Gasteiger partial charge in [-0.2, -0.15) is 0 Å². The second-order valence-electron chi connectivity index (χ2n) is 6.81. The average Bonchev–Trinajstić information content (AvgIpc) is 2.78. The summed E-state index contributed by atoms with van der Waals surface area (Å²) in [5.74, 6) is 1.59. The third-order valence-corrected chi connectivity index (χ3v) is 5.40. The molecule has 0 radical (unpaired) electrons. The molecule has 1 atom stereocenters. The normalized spacial score (nSPS) is 18.0. The number of thiocarbonyl (C=S) groups is 1. The minimum atomic E-state index is -0.464. The van der Waals surface area contributed by atoms with Crippen molar-refractivity contribution in [2.45, 2.75) is 13.0 Å². The van der Waals surface area contributed by atoms with Gasteiger partial charge in [-0.25, -0.2) is 4.79 Å². The second-order valence-corrected chi connectivity index (χ2v) is 7.20. The maximum absolute atomic E-state index is 12.8. The Kier molecular flexibility index (Phi) is 5.50. The summed E-state index contributed by atoms with van der Waals surface area (Å²) in [5.41, 5.74) is 2.75. The minimum absolute atomic E-state index is 0.433. The van der Waals surface area contributed by atoms with E-state index in [1.54, 1.807) is 12.0 Å². The van der Waals surface area contributed by atoms with Crippen LogP contribution >= 0.6 is 12.2 Å². The fraction of sp³-hybridized carbons (Fsp3) is 0.273. The summed E-state index contributed by atoms with van der Waals surface area (Å²) < 4.78 is 21.7. The van der Waals surface area contributed by atoms with Gasteiger partial charge in [0, 0.05) is 11.8 Å². The standard InChI is InChI=1S/C22H22N2O5S/c1-13-19(21(25)27-3)20(14-5-4-6-16(11-14)26-2)23-22(30)24(13)15-7-8-17-18(12-15)29-10-9-28-17/h4-8,11-12,20H,9-10H2,1-3H3,(H,23,30)/t20-/m1/s1. The molecule has 0 spiro atoms. The molecule has 1 N–H and O–H groups in total. The zero-order valence-electron chi connectivity index (χ0n) is 16.9. The molecule has 2 aliphatic heterocycles. The Labute approximate surface area is 180 Å². The number of carbonyl (C=O) groups is 1. The minimum Gasteiger partial charge on any atom is -0.497 e. The first-order valence-corrected chi connectivity index (χ1v) is 9.87. The lowest BCUT2D eigenvalue weighted by Crippen LogP contribution is -2.48. The van der Waals surface area contributed by atoms with E-state index in [1.807, 2.05) is 49.4 Å². The zero-order chi connectivity index (χ0) is 21.3. The van der Waals surface area contributed by atoms with Crippen LogP contribution in [0.1, 0.15) is 18.5 Å². The zero-order valence-corrected chi connectivity index (χ0v) is 17.7. The SMILES string of the molecule is COC(=O)C1=C(C)N(c2ccc3c(c2)OCCO3)C(=S)N[C@@H]1c1cccc(OC)c1. The van der Waals surface area contributed by atoms with Crippen molar-refractivity contribution in [3.05, 3.63) is 59.3 Å². The number of rotatable bonds is 4. The Balaban J connectivity index is 1.80. The summed E-state index contributed by atoms with van der Waals surface area (Å²) in [5, 5.41) is 3.74. The number of anilines is 1. The third kappa shape index (κ3) is 3.54. The van der Waals surface area contributed by atoms with E-state index in [-0.39, 0.29) is 0 Å². The molecular formula is C22H22N2O5S. The van der Waals surface area contributed by atoms with Gasteiger partial charge < -0.3 is 24.3 Å². The predicted octanol–water partition coefficient (Wildman–Crippen LogP) is 3.35. The van der Waals surface area contributed by atoms with Gasteiger partial charge >= 0.3 is 5.97 Å². The summed E-state index contributed by atoms with van der Waals surface area (Å²) in [6.07, 6.45) is 0. The topological polar surface area (TPSA) is 69.3 Å². The molecule has 2 aromatic rings. The number of nitrogens with zero attached hydrogens (tertiary/aromatic N) is 1. The van der Waals surface area contributed by atoms with Gasteiger partial charge in [-0.05, 0) is 49.0 Å². The maximum Gasteiger partial charge on any atom is 0.337 e. The highest BCUT2D eigenvalue weighted by Crippen LogP contribution is 2.39. The molecule has 4 rings (SSSR count). The Morgan fingerprint density at radius 2 is 1.90 bits per heavy atom. The van der Waals surface area contributed by atoms with Gasteiger partial charge in [-0.15, -0.1) is 0 Å². The number of carbonyl (C=O) groups excluding carboxylic acids is 1. The van der Waals surface area contributed by atoms with Gasteiger partial charge in [0.25, 0.3) is 0 Å². The van der Waals surface area contributed by atoms with E-state index in [0.717, 1.165) is 11.3 Å². The van der Waals surface area contributed by atoms with E-state index in [4.69, 9.17) is 31.2 Å². The molecule has 0 aliphatic carbocycles. The maximum atomic E-state index is 12.8. The van der Waals surface area contributed by atoms with Crippen LogP contribution in [0.4, 0.5) is 5.69 Å². The van der Waals surface area contributed by atoms with E-state index in [1.165, 1.54) is 7.11 Å². The largest absolute Gasteiger partial charge is 0.497 e. The number of benzene rings is 2. The average molecular weight is 426 g/mol. The molecule has 0 bridgehead atoms. The van der Waals surface area contributed by atoms with Crippen molar-refractivity contribution in [1.29, 1.82) is 0 Å². The highest BCUT2D eigenvalue weighted by atomic mass is 32.1. The summed E-state index contributed by atoms with van der Waals surface area (Å²) in [6, 6.07) is 12.6. The molecule has 0 fully saturated rings. The van der Waals surface area contributed by atoms with Crippen LogP contribution in [0.25, 0.3) is 0 Å². The predicted molar refractivity (Wildman–Crippen MR) is 116 cm³/mol. The molecule has 7 nitrogen and oxygen atoms in total. The molecule has 0 unspecified atom stereocenters. The molecule has 0 saturated heterocycles. The molecule has 156 valence electrons. The molecule has 2 aromatic carbocycles. The van der Waals surface area contributed by atoms with Gasteiger partial charge in [-0.3, -0.25) is 4.90 Å². The molecule has 0 saturated carbocycles. The Morgan fingerprint density at radius 3 is 2.63 bits per heavy atom. The van der Waals surface area contributed by atoms with Crippen LogP contribution in [0, 0.1) is 0 Å². The first-order valence-electron chi connectivity index (χ1n) is 9.46. The van der Waals surface area contributed by atoms with E-state index in [0.29, 0.717) is 46.8 Å². The number of methoxy groups -OCH3 is 2. The Hall–Kier alpha value is -3.26. The third-order valence-electron chi connectivity index (χ3n) is 5.10. The van der Waals surface area contributed by atoms with E-state index < -0.39 is 12.0 Å². The van der Waals surface area contributed by atoms with Gasteiger partial charge in [0.05, 0.1) is 31.5 Å². The summed E-state index contributed by atoms with van der Waals surface area (Å²) in [6.45, 7) is 2.85. The number of esters is 1. The first kappa shape index (κ1) is 20.0. The Bertz CT molecular complexity index is 1040. The Morgan fingerprint density at radius 1 is 1.13 bits per heavy atom. The monoisotopic (exact) mass is 426 g/mol. The van der Waals surface area contributed by atoms with Crippen molar-refractivity contribution in [3.63, 3.8) is 0 Å². The van der Waals surface area contributed by atoms with E-state index in [2.05, 4.69) is 5.32 Å². The molecule has 2 aliphatic rings. The van der Waals surface area contributed by atoms with Crippen molar-refractivity contribution in [1.82, 2.24) is 5.32 Å². The number of fused-ring (bicyclic) bond motifs is 1. The molecule has 30 heavy (non-hydrogen) atoms. The van der Waals surface area contributed by atoms with Crippen molar-refractivity contribution >= 4 is 29.0 Å². The fourth-order valence-electron chi connectivity index (χ4n) is 3.67. The molecule has 0 amide bonds. The summed E-state index contributed by atoms with van der Waals surface area (Å²) in [4.78, 5) is 14.6. The van der Waals surface area contributed by atoms with Gasteiger partial charge in [-0.1, -0.05) is 12.1 Å². The summed E-state index contributed by atoms with van der Waals surface area (Å²) in [7, 11) is 2.97. The lowest BCUT2D eigenvalue weighted by atomic mass is 9.94. The lowest BCUT2D eigenvalue weighted by molar-refractivity contribution is -0.136. The second kappa shape index (κ2) is 8.23. The van der Waals surface area contributed by atoms with Crippen LogP contribution in [-0.4, -0.2) is 38.5 Å². The van der Waals surface area contributed by atoms with Crippen LogP contribution in [0.2, 0.25) is 0 Å². The van der Waals surface area contributed by atoms with Crippen molar-refractivity contribution in [3.8, 4) is 17.2 Å². The van der Waals surface area contributed by atoms with Crippen molar-refractivity contribution in [2.24, 2.45) is 0 Å². The van der Waals surface area contributed by atoms with Gasteiger partial charge in [0.2, 0.25) is 0 Å². The first-order chi connectivity index (χ1) is 14.5. The number of hydrogen-bond donors (Lipinski definition) is 1. The quantitative estimate of drug-likeness (QED) is 0.590. The van der Waals surface area contributed by atoms with Crippen molar-refractivity contribution in [2.75, 3.05) is 32.3 Å². The van der Waals surface area contributed by atoms with Crippen LogP contribution in [-0.2, 0) is 9.53 Å². The fourth-order valence-corrected chi connectivity index (χ4v) is 4.03. The van der Waals surface area contributed by atoms with E-state index >= 15 is 0 Å². The van der Waals surface area contributed by atoms with Gasteiger partial charge in [0.1, 0.15) is 19.0 Å². The molecule has 0 aromatic heterocycles. The highest BCUT2D eigenvalue weighted by molar-refractivity contribution is 7.80.